The second-order valence-electron chi connectivity index (χ2n) is 11.8. The molecule has 212 valence electrons. The van der Waals surface area contributed by atoms with Gasteiger partial charge in [-0.05, 0) is 78.9 Å². The molecule has 3 fully saturated rings. The van der Waals surface area contributed by atoms with Gasteiger partial charge in [-0.25, -0.2) is 0 Å². The quantitative estimate of drug-likeness (QED) is 0.191. The van der Waals surface area contributed by atoms with Crippen molar-refractivity contribution in [3.05, 3.63) is 58.5 Å². The zero-order valence-electron chi connectivity index (χ0n) is 24.0. The van der Waals surface area contributed by atoms with E-state index in [1.807, 2.05) is 37.3 Å². The number of benzene rings is 2. The standard InChI is InChI=1S/C18H33N.C14H11N7/c1-4-10-16(11-5-1)19(17-12-6-2-7-13-17)18-14-8-3-9-15-18;1-9-4-2-3-5-11(9)12-7-6-10(16-19-15)8-13(12)14-17-20-21-18-14/h16-18H,1-15H2;2-8H,1H3,(H,17,18,20,21). The van der Waals surface area contributed by atoms with Gasteiger partial charge in [0, 0.05) is 34.3 Å². The van der Waals surface area contributed by atoms with E-state index in [0.717, 1.165) is 40.4 Å². The first-order valence-corrected chi connectivity index (χ1v) is 15.5. The van der Waals surface area contributed by atoms with Gasteiger partial charge in [-0.1, -0.05) is 99.3 Å². The molecule has 2 aromatic carbocycles. The fourth-order valence-electron chi connectivity index (χ4n) is 7.25. The monoisotopic (exact) mass is 540 g/mol. The molecule has 3 saturated carbocycles. The minimum Gasteiger partial charge on any atom is -0.294 e. The number of nitrogens with zero attached hydrogens (tertiary/aromatic N) is 7. The number of aromatic nitrogens is 4. The fourth-order valence-corrected chi connectivity index (χ4v) is 7.25. The molecule has 40 heavy (non-hydrogen) atoms. The maximum Gasteiger partial charge on any atom is 0.205 e. The van der Waals surface area contributed by atoms with Crippen LogP contribution in [0.25, 0.3) is 33.0 Å². The highest BCUT2D eigenvalue weighted by Gasteiger charge is 2.34. The smallest absolute Gasteiger partial charge is 0.205 e. The highest BCUT2D eigenvalue weighted by Crippen LogP contribution is 2.36. The largest absolute Gasteiger partial charge is 0.294 e. The third-order valence-corrected chi connectivity index (χ3v) is 9.17. The minimum absolute atomic E-state index is 0.461. The summed E-state index contributed by atoms with van der Waals surface area (Å²) in [6.07, 6.45) is 22.5. The predicted octanol–water partition coefficient (Wildman–Crippen LogP) is 9.07. The highest BCUT2D eigenvalue weighted by atomic mass is 15.5. The minimum atomic E-state index is 0.461. The lowest BCUT2D eigenvalue weighted by molar-refractivity contribution is 0.0221. The molecule has 6 rings (SSSR count). The van der Waals surface area contributed by atoms with Gasteiger partial charge in [-0.2, -0.15) is 5.21 Å². The number of hydrogen-bond donors (Lipinski definition) is 1. The Kier molecular flexibility index (Phi) is 10.2. The predicted molar refractivity (Wildman–Crippen MR) is 161 cm³/mol. The first kappa shape index (κ1) is 28.3. The zero-order valence-corrected chi connectivity index (χ0v) is 24.0. The average Bonchev–Trinajstić information content (AvgIpc) is 3.55. The Balaban J connectivity index is 0.000000162. The molecule has 0 spiro atoms. The molecule has 0 aliphatic heterocycles. The van der Waals surface area contributed by atoms with Gasteiger partial charge < -0.3 is 0 Å². The summed E-state index contributed by atoms with van der Waals surface area (Å²) < 4.78 is 0. The Labute approximate surface area is 238 Å². The van der Waals surface area contributed by atoms with Crippen molar-refractivity contribution in [1.82, 2.24) is 25.5 Å². The second kappa shape index (κ2) is 14.4. The van der Waals surface area contributed by atoms with Gasteiger partial charge >= 0.3 is 0 Å². The Morgan fingerprint density at radius 2 is 1.32 bits per heavy atom. The van der Waals surface area contributed by atoms with Crippen LogP contribution >= 0.6 is 0 Å². The van der Waals surface area contributed by atoms with E-state index in [2.05, 4.69) is 35.6 Å². The maximum absolute atomic E-state index is 8.58. The van der Waals surface area contributed by atoms with Gasteiger partial charge in [0.05, 0.1) is 0 Å². The number of rotatable bonds is 6. The number of H-pyrrole nitrogens is 1. The number of aromatic amines is 1. The van der Waals surface area contributed by atoms with Crippen LogP contribution in [0.4, 0.5) is 5.69 Å². The molecule has 1 aromatic heterocycles. The van der Waals surface area contributed by atoms with Gasteiger partial charge in [0.1, 0.15) is 0 Å². The first-order valence-electron chi connectivity index (χ1n) is 15.5. The topological polar surface area (TPSA) is 106 Å². The summed E-state index contributed by atoms with van der Waals surface area (Å²) in [5, 5.41) is 17.7. The molecule has 0 unspecified atom stereocenters. The number of azide groups is 1. The van der Waals surface area contributed by atoms with E-state index >= 15 is 0 Å². The molecular formula is C32H44N8. The van der Waals surface area contributed by atoms with Crippen molar-refractivity contribution < 1.29 is 0 Å². The lowest BCUT2D eigenvalue weighted by Crippen LogP contribution is -2.51. The molecule has 0 saturated heterocycles. The average molecular weight is 541 g/mol. The van der Waals surface area contributed by atoms with E-state index < -0.39 is 0 Å². The number of hydrogen-bond acceptors (Lipinski definition) is 5. The molecule has 3 aliphatic rings. The maximum atomic E-state index is 8.58. The Morgan fingerprint density at radius 1 is 0.750 bits per heavy atom. The van der Waals surface area contributed by atoms with E-state index in [9.17, 15) is 0 Å². The van der Waals surface area contributed by atoms with Crippen LogP contribution in [0.3, 0.4) is 0 Å². The zero-order chi connectivity index (χ0) is 27.6. The number of tetrazole rings is 1. The Morgan fingerprint density at radius 3 is 1.82 bits per heavy atom. The summed E-state index contributed by atoms with van der Waals surface area (Å²) in [5.41, 5.74) is 13.0. The van der Waals surface area contributed by atoms with E-state index in [-0.39, 0.29) is 0 Å². The molecule has 0 bridgehead atoms. The van der Waals surface area contributed by atoms with Gasteiger partial charge in [-0.15, -0.1) is 10.2 Å². The Hall–Kier alpha value is -3.22. The van der Waals surface area contributed by atoms with Crippen LogP contribution in [0.2, 0.25) is 0 Å². The molecule has 8 nitrogen and oxygen atoms in total. The molecule has 3 aromatic rings. The van der Waals surface area contributed by atoms with Crippen LogP contribution in [-0.2, 0) is 0 Å². The van der Waals surface area contributed by atoms with Crippen LogP contribution in [0.15, 0.2) is 47.6 Å². The summed E-state index contributed by atoms with van der Waals surface area (Å²) >= 11 is 0. The van der Waals surface area contributed by atoms with Crippen molar-refractivity contribution in [3.63, 3.8) is 0 Å². The highest BCUT2D eigenvalue weighted by molar-refractivity contribution is 5.83. The molecule has 3 aliphatic carbocycles. The summed E-state index contributed by atoms with van der Waals surface area (Å²) in [5.74, 6) is 0.461. The van der Waals surface area contributed by atoms with Crippen molar-refractivity contribution >= 4 is 5.69 Å². The van der Waals surface area contributed by atoms with E-state index in [1.165, 1.54) is 96.3 Å². The van der Waals surface area contributed by atoms with Crippen molar-refractivity contribution in [3.8, 4) is 22.5 Å². The molecule has 1 N–H and O–H groups in total. The normalized spacial score (nSPS) is 19.1. The third kappa shape index (κ3) is 7.10. The summed E-state index contributed by atoms with van der Waals surface area (Å²) in [6.45, 7) is 2.04. The summed E-state index contributed by atoms with van der Waals surface area (Å²) in [6, 6.07) is 16.3. The Bertz CT molecular complexity index is 1190. The van der Waals surface area contributed by atoms with Gasteiger partial charge in [-0.3, -0.25) is 4.90 Å². The molecule has 1 heterocycles. The van der Waals surface area contributed by atoms with Crippen LogP contribution in [-0.4, -0.2) is 43.6 Å². The van der Waals surface area contributed by atoms with Crippen molar-refractivity contribution in [2.24, 2.45) is 5.11 Å². The van der Waals surface area contributed by atoms with Crippen molar-refractivity contribution in [2.75, 3.05) is 0 Å². The van der Waals surface area contributed by atoms with Crippen LogP contribution < -0.4 is 0 Å². The summed E-state index contributed by atoms with van der Waals surface area (Å²) in [7, 11) is 0. The number of nitrogens with one attached hydrogen (secondary N) is 1. The molecule has 8 heteroatoms. The lowest BCUT2D eigenvalue weighted by Gasteiger charge is -2.47. The third-order valence-electron chi connectivity index (χ3n) is 9.17. The SMILES string of the molecule is C1CCC(N(C2CCCCC2)C2CCCCC2)CC1.Cc1ccccc1-c1ccc(N=[N+]=[N-])cc1-c1nn[nH]n1. The van der Waals surface area contributed by atoms with Crippen LogP contribution in [0, 0.1) is 6.92 Å². The molecule has 0 atom stereocenters. The molecule has 0 radical (unpaired) electrons. The van der Waals surface area contributed by atoms with Crippen LogP contribution in [0.5, 0.6) is 0 Å². The van der Waals surface area contributed by atoms with E-state index in [4.69, 9.17) is 5.53 Å². The molecular weight excluding hydrogens is 496 g/mol. The van der Waals surface area contributed by atoms with Crippen molar-refractivity contribution in [2.45, 2.75) is 121 Å². The summed E-state index contributed by atoms with van der Waals surface area (Å²) in [4.78, 5) is 5.89. The van der Waals surface area contributed by atoms with Crippen LogP contribution in [0.1, 0.15) is 102 Å². The van der Waals surface area contributed by atoms with Gasteiger partial charge in [0.2, 0.25) is 5.82 Å². The lowest BCUT2D eigenvalue weighted by atomic mass is 9.84. The van der Waals surface area contributed by atoms with Gasteiger partial charge in [0.25, 0.3) is 0 Å². The number of aryl methyl sites for hydroxylation is 1. The fraction of sp³-hybridized carbons (Fsp3) is 0.594. The van der Waals surface area contributed by atoms with E-state index in [1.54, 1.807) is 12.1 Å². The first-order chi connectivity index (χ1) is 19.7. The second-order valence-corrected chi connectivity index (χ2v) is 11.8. The van der Waals surface area contributed by atoms with Gasteiger partial charge in [0.15, 0.2) is 0 Å². The van der Waals surface area contributed by atoms with E-state index in [0.29, 0.717) is 11.5 Å². The molecule has 0 amide bonds. The van der Waals surface area contributed by atoms with Crippen molar-refractivity contribution in [1.29, 1.82) is 0 Å².